The van der Waals surface area contributed by atoms with E-state index < -0.39 is 22.0 Å². The summed E-state index contributed by atoms with van der Waals surface area (Å²) in [6.45, 7) is 1.62. The lowest BCUT2D eigenvalue weighted by molar-refractivity contribution is 0.0691. The fourth-order valence-corrected chi connectivity index (χ4v) is 3.64. The molecule has 1 atom stereocenters. The van der Waals surface area contributed by atoms with E-state index in [1.165, 1.54) is 17.5 Å². The Balaban J connectivity index is 2.18. The van der Waals surface area contributed by atoms with Crippen LogP contribution in [0.2, 0.25) is 0 Å². The normalized spacial score (nSPS) is 13.1. The van der Waals surface area contributed by atoms with Gasteiger partial charge in [-0.2, -0.15) is 0 Å². The van der Waals surface area contributed by atoms with Crippen LogP contribution in [0.1, 0.15) is 28.5 Å². The predicted octanol–water partition coefficient (Wildman–Crippen LogP) is 1.88. The molecule has 0 saturated heterocycles. The standard InChI is InChI=1S/C12H12N2O4S2/c1-8(11-13-10(7-19-11)12(15)16)14-20(17,18)9-5-3-2-4-6-9/h2-8,14H,1H3,(H,15,16). The number of nitrogens with zero attached hydrogens (tertiary/aromatic N) is 1. The van der Waals surface area contributed by atoms with Crippen LogP contribution in [0.4, 0.5) is 0 Å². The Morgan fingerprint density at radius 2 is 2.00 bits per heavy atom. The molecule has 0 saturated carbocycles. The molecule has 0 radical (unpaired) electrons. The van der Waals surface area contributed by atoms with Crippen molar-refractivity contribution in [1.29, 1.82) is 0 Å². The number of carboxylic acid groups (broad SMARTS) is 1. The maximum absolute atomic E-state index is 12.1. The number of benzene rings is 1. The molecule has 0 aliphatic carbocycles. The van der Waals surface area contributed by atoms with Crippen LogP contribution >= 0.6 is 11.3 Å². The first kappa shape index (κ1) is 14.6. The summed E-state index contributed by atoms with van der Waals surface area (Å²) in [4.78, 5) is 14.8. The van der Waals surface area contributed by atoms with Gasteiger partial charge in [0.05, 0.1) is 10.9 Å². The zero-order valence-electron chi connectivity index (χ0n) is 10.5. The predicted molar refractivity (Wildman–Crippen MR) is 74.3 cm³/mol. The van der Waals surface area contributed by atoms with E-state index in [0.717, 1.165) is 11.3 Å². The number of carboxylic acids is 1. The van der Waals surface area contributed by atoms with E-state index in [0.29, 0.717) is 5.01 Å². The summed E-state index contributed by atoms with van der Waals surface area (Å²) >= 11 is 1.10. The van der Waals surface area contributed by atoms with Crippen molar-refractivity contribution in [3.63, 3.8) is 0 Å². The van der Waals surface area contributed by atoms with E-state index >= 15 is 0 Å². The molecule has 2 aromatic rings. The molecule has 6 nitrogen and oxygen atoms in total. The molecule has 1 aromatic heterocycles. The van der Waals surface area contributed by atoms with E-state index in [4.69, 9.17) is 5.11 Å². The zero-order chi connectivity index (χ0) is 14.8. The van der Waals surface area contributed by atoms with Gasteiger partial charge < -0.3 is 5.11 Å². The minimum Gasteiger partial charge on any atom is -0.476 e. The number of rotatable bonds is 5. The topological polar surface area (TPSA) is 96.4 Å². The SMILES string of the molecule is CC(NS(=O)(=O)c1ccccc1)c1nc(C(=O)O)cs1. The fraction of sp³-hybridized carbons (Fsp3) is 0.167. The summed E-state index contributed by atoms with van der Waals surface area (Å²) in [5.74, 6) is -1.13. The van der Waals surface area contributed by atoms with Crippen LogP contribution in [0.3, 0.4) is 0 Å². The van der Waals surface area contributed by atoms with Crippen LogP contribution < -0.4 is 4.72 Å². The Hall–Kier alpha value is -1.77. The van der Waals surface area contributed by atoms with Gasteiger partial charge in [-0.3, -0.25) is 0 Å². The fourth-order valence-electron chi connectivity index (χ4n) is 1.54. The molecule has 0 aliphatic rings. The molecular weight excluding hydrogens is 300 g/mol. The average molecular weight is 312 g/mol. The molecule has 2 N–H and O–H groups in total. The third-order valence-electron chi connectivity index (χ3n) is 2.50. The molecule has 0 aliphatic heterocycles. The van der Waals surface area contributed by atoms with Crippen molar-refractivity contribution in [1.82, 2.24) is 9.71 Å². The molecule has 0 fully saturated rings. The van der Waals surface area contributed by atoms with Crippen molar-refractivity contribution in [3.05, 3.63) is 46.4 Å². The van der Waals surface area contributed by atoms with Crippen molar-refractivity contribution < 1.29 is 18.3 Å². The number of nitrogens with one attached hydrogen (secondary N) is 1. The molecule has 0 amide bonds. The summed E-state index contributed by atoms with van der Waals surface area (Å²) in [6, 6.07) is 7.36. The summed E-state index contributed by atoms with van der Waals surface area (Å²) in [5, 5.41) is 10.6. The molecular formula is C12H12N2O4S2. The van der Waals surface area contributed by atoms with Crippen LogP contribution in [0, 0.1) is 0 Å². The quantitative estimate of drug-likeness (QED) is 0.878. The third kappa shape index (κ3) is 3.21. The summed E-state index contributed by atoms with van der Waals surface area (Å²) in [6.07, 6.45) is 0. The summed E-state index contributed by atoms with van der Waals surface area (Å²) in [5.41, 5.74) is -0.0873. The van der Waals surface area contributed by atoms with Gasteiger partial charge in [-0.1, -0.05) is 18.2 Å². The zero-order valence-corrected chi connectivity index (χ0v) is 12.1. The molecule has 106 valence electrons. The van der Waals surface area contributed by atoms with Crippen molar-refractivity contribution in [2.45, 2.75) is 17.9 Å². The highest BCUT2D eigenvalue weighted by Gasteiger charge is 2.21. The average Bonchev–Trinajstić information content (AvgIpc) is 2.89. The van der Waals surface area contributed by atoms with Crippen molar-refractivity contribution >= 4 is 27.3 Å². The largest absolute Gasteiger partial charge is 0.476 e. The maximum atomic E-state index is 12.1. The first-order valence-electron chi connectivity index (χ1n) is 5.66. The van der Waals surface area contributed by atoms with Gasteiger partial charge >= 0.3 is 5.97 Å². The van der Waals surface area contributed by atoms with Crippen LogP contribution in [0.15, 0.2) is 40.6 Å². The lowest BCUT2D eigenvalue weighted by Gasteiger charge is -2.11. The highest BCUT2D eigenvalue weighted by molar-refractivity contribution is 7.89. The van der Waals surface area contributed by atoms with Gasteiger partial charge in [0.15, 0.2) is 5.69 Å². The van der Waals surface area contributed by atoms with Gasteiger partial charge in [0.2, 0.25) is 10.0 Å². The molecule has 8 heteroatoms. The number of aromatic nitrogens is 1. The minimum atomic E-state index is -3.65. The van der Waals surface area contributed by atoms with Crippen molar-refractivity contribution in [2.24, 2.45) is 0 Å². The second-order valence-electron chi connectivity index (χ2n) is 4.03. The lowest BCUT2D eigenvalue weighted by atomic mass is 10.4. The monoisotopic (exact) mass is 312 g/mol. The van der Waals surface area contributed by atoms with Crippen LogP contribution in [0.25, 0.3) is 0 Å². The molecule has 0 spiro atoms. The van der Waals surface area contributed by atoms with Crippen molar-refractivity contribution in [3.8, 4) is 0 Å². The summed E-state index contributed by atoms with van der Waals surface area (Å²) in [7, 11) is -3.65. The van der Waals surface area contributed by atoms with Gasteiger partial charge in [-0.05, 0) is 19.1 Å². The third-order valence-corrected chi connectivity index (χ3v) is 5.08. The Labute approximate surface area is 120 Å². The van der Waals surface area contributed by atoms with Crippen LogP contribution in [0.5, 0.6) is 0 Å². The van der Waals surface area contributed by atoms with Crippen LogP contribution in [-0.4, -0.2) is 24.5 Å². The maximum Gasteiger partial charge on any atom is 0.355 e. The summed E-state index contributed by atoms with van der Waals surface area (Å²) < 4.78 is 26.7. The second kappa shape index (κ2) is 5.70. The van der Waals surface area contributed by atoms with E-state index in [9.17, 15) is 13.2 Å². The van der Waals surface area contributed by atoms with Gasteiger partial charge in [0, 0.05) is 5.38 Å². The molecule has 1 unspecified atom stereocenters. The van der Waals surface area contributed by atoms with E-state index in [1.807, 2.05) is 0 Å². The van der Waals surface area contributed by atoms with Crippen molar-refractivity contribution in [2.75, 3.05) is 0 Å². The van der Waals surface area contributed by atoms with Crippen LogP contribution in [-0.2, 0) is 10.0 Å². The van der Waals surface area contributed by atoms with Gasteiger partial charge in [-0.25, -0.2) is 22.9 Å². The Morgan fingerprint density at radius 1 is 1.35 bits per heavy atom. The first-order chi connectivity index (χ1) is 9.40. The van der Waals surface area contributed by atoms with E-state index in [2.05, 4.69) is 9.71 Å². The Kier molecular flexibility index (Phi) is 4.17. The van der Waals surface area contributed by atoms with Gasteiger partial charge in [0.25, 0.3) is 0 Å². The molecule has 20 heavy (non-hydrogen) atoms. The highest BCUT2D eigenvalue weighted by Crippen LogP contribution is 2.20. The number of carbonyl (C=O) groups is 1. The first-order valence-corrected chi connectivity index (χ1v) is 8.02. The smallest absolute Gasteiger partial charge is 0.355 e. The second-order valence-corrected chi connectivity index (χ2v) is 6.64. The lowest BCUT2D eigenvalue weighted by Crippen LogP contribution is -2.26. The molecule has 1 heterocycles. The minimum absolute atomic E-state index is 0.0873. The highest BCUT2D eigenvalue weighted by atomic mass is 32.2. The van der Waals surface area contributed by atoms with Gasteiger partial charge in [0.1, 0.15) is 5.01 Å². The number of thiazole rings is 1. The van der Waals surface area contributed by atoms with E-state index in [-0.39, 0.29) is 10.6 Å². The number of aromatic carboxylic acids is 1. The number of hydrogen-bond donors (Lipinski definition) is 2. The molecule has 1 aromatic carbocycles. The Morgan fingerprint density at radius 3 is 2.55 bits per heavy atom. The van der Waals surface area contributed by atoms with E-state index in [1.54, 1.807) is 25.1 Å². The number of sulfonamides is 1. The number of hydrogen-bond acceptors (Lipinski definition) is 5. The molecule has 2 rings (SSSR count). The van der Waals surface area contributed by atoms with Gasteiger partial charge in [-0.15, -0.1) is 11.3 Å². The molecule has 0 bridgehead atoms. The Bertz CT molecular complexity index is 710.